The van der Waals surface area contributed by atoms with Gasteiger partial charge in [0.2, 0.25) is 0 Å². The summed E-state index contributed by atoms with van der Waals surface area (Å²) in [6.07, 6.45) is 1.31. The molecule has 0 unspecified atom stereocenters. The second kappa shape index (κ2) is 7.15. The van der Waals surface area contributed by atoms with Crippen LogP contribution in [0.4, 0.5) is 8.78 Å². The molecule has 0 radical (unpaired) electrons. The van der Waals surface area contributed by atoms with E-state index in [9.17, 15) is 13.6 Å². The molecule has 0 spiro atoms. The number of nitrogens with one attached hydrogen (secondary N) is 1. The average Bonchev–Trinajstić information content (AvgIpc) is 3.05. The molecule has 0 saturated carbocycles. The number of carbonyl (C=O) groups is 1. The Morgan fingerprint density at radius 1 is 1.11 bits per heavy atom. The zero-order valence-corrected chi connectivity index (χ0v) is 14.9. The molecule has 0 bridgehead atoms. The summed E-state index contributed by atoms with van der Waals surface area (Å²) in [5.41, 5.74) is 2.33. The van der Waals surface area contributed by atoms with Gasteiger partial charge in [-0.1, -0.05) is 30.3 Å². The Kier molecular flexibility index (Phi) is 4.52. The molecule has 2 aromatic carbocycles. The second-order valence-electron chi connectivity index (χ2n) is 6.16. The molecular weight excluding hydrogens is 364 g/mol. The van der Waals surface area contributed by atoms with Crippen molar-refractivity contribution >= 4 is 17.1 Å². The predicted molar refractivity (Wildman–Crippen MR) is 99.6 cm³/mol. The van der Waals surface area contributed by atoms with Crippen LogP contribution < -0.4 is 5.32 Å². The van der Waals surface area contributed by atoms with E-state index in [-0.39, 0.29) is 17.2 Å². The summed E-state index contributed by atoms with van der Waals surface area (Å²) in [5, 5.41) is 6.99. The van der Waals surface area contributed by atoms with E-state index >= 15 is 0 Å². The van der Waals surface area contributed by atoms with Crippen LogP contribution in [0.25, 0.3) is 22.4 Å². The van der Waals surface area contributed by atoms with Gasteiger partial charge in [-0.25, -0.2) is 23.4 Å². The Hall–Kier alpha value is -3.68. The maximum Gasteiger partial charge on any atom is 0.271 e. The van der Waals surface area contributed by atoms with E-state index in [0.29, 0.717) is 23.4 Å². The highest BCUT2D eigenvalue weighted by Crippen LogP contribution is 2.27. The first-order valence-electron chi connectivity index (χ1n) is 8.51. The predicted octanol–water partition coefficient (Wildman–Crippen LogP) is 3.18. The van der Waals surface area contributed by atoms with Crippen molar-refractivity contribution in [3.05, 3.63) is 77.6 Å². The molecule has 0 fully saturated rings. The molecule has 0 aliphatic heterocycles. The van der Waals surface area contributed by atoms with Crippen molar-refractivity contribution < 1.29 is 13.6 Å². The topological polar surface area (TPSA) is 72.7 Å². The summed E-state index contributed by atoms with van der Waals surface area (Å²) < 4.78 is 29.0. The number of benzene rings is 2. The number of halogens is 2. The smallest absolute Gasteiger partial charge is 0.271 e. The summed E-state index contributed by atoms with van der Waals surface area (Å²) in [6.45, 7) is 0.362. The van der Waals surface area contributed by atoms with Crippen molar-refractivity contribution in [3.63, 3.8) is 0 Å². The average molecular weight is 379 g/mol. The quantitative estimate of drug-likeness (QED) is 0.591. The lowest BCUT2D eigenvalue weighted by molar-refractivity contribution is 0.0958. The van der Waals surface area contributed by atoms with E-state index in [4.69, 9.17) is 0 Å². The van der Waals surface area contributed by atoms with Gasteiger partial charge in [-0.05, 0) is 17.7 Å². The largest absolute Gasteiger partial charge is 0.354 e. The van der Waals surface area contributed by atoms with Crippen molar-refractivity contribution in [2.75, 3.05) is 7.05 Å². The Bertz CT molecular complexity index is 1150. The lowest BCUT2D eigenvalue weighted by atomic mass is 10.1. The van der Waals surface area contributed by atoms with Gasteiger partial charge in [0.25, 0.3) is 5.91 Å². The molecule has 1 N–H and O–H groups in total. The molecule has 8 heteroatoms. The number of hydrogen-bond donors (Lipinski definition) is 1. The fraction of sp³-hybridized carbons (Fsp3) is 0.100. The van der Waals surface area contributed by atoms with Gasteiger partial charge >= 0.3 is 0 Å². The number of aromatic nitrogens is 4. The first-order chi connectivity index (χ1) is 13.5. The van der Waals surface area contributed by atoms with Crippen LogP contribution in [-0.2, 0) is 6.54 Å². The van der Waals surface area contributed by atoms with Crippen molar-refractivity contribution in [3.8, 4) is 11.3 Å². The Morgan fingerprint density at radius 2 is 1.82 bits per heavy atom. The van der Waals surface area contributed by atoms with Crippen LogP contribution >= 0.6 is 0 Å². The Morgan fingerprint density at radius 3 is 2.50 bits per heavy atom. The molecular formula is C20H15F2N5O. The number of hydrogen-bond acceptors (Lipinski definition) is 4. The lowest BCUT2D eigenvalue weighted by Crippen LogP contribution is -2.19. The zero-order chi connectivity index (χ0) is 19.7. The highest BCUT2D eigenvalue weighted by atomic mass is 19.1. The Balaban J connectivity index is 1.91. The summed E-state index contributed by atoms with van der Waals surface area (Å²) in [7, 11) is 1.50. The molecule has 4 rings (SSSR count). The van der Waals surface area contributed by atoms with E-state index < -0.39 is 11.6 Å². The van der Waals surface area contributed by atoms with Gasteiger partial charge in [0, 0.05) is 18.7 Å². The van der Waals surface area contributed by atoms with Crippen LogP contribution in [0.5, 0.6) is 0 Å². The summed E-state index contributed by atoms with van der Waals surface area (Å²) in [6, 6.07) is 12.7. The number of carbonyl (C=O) groups excluding carboxylic acids is 1. The van der Waals surface area contributed by atoms with Crippen LogP contribution in [0, 0.1) is 11.6 Å². The first-order valence-corrected chi connectivity index (χ1v) is 8.51. The number of amides is 1. The first kappa shape index (κ1) is 17.7. The highest BCUT2D eigenvalue weighted by Gasteiger charge is 2.19. The summed E-state index contributed by atoms with van der Waals surface area (Å²) >= 11 is 0. The van der Waals surface area contributed by atoms with E-state index in [1.807, 2.05) is 30.3 Å². The van der Waals surface area contributed by atoms with Gasteiger partial charge in [0.1, 0.15) is 28.5 Å². The van der Waals surface area contributed by atoms with Gasteiger partial charge in [-0.15, -0.1) is 0 Å². The molecule has 28 heavy (non-hydrogen) atoms. The standard InChI is InChI=1S/C20H15F2N5O/c1-23-20(28)16-10-24-18-17(13-7-14(21)9-15(22)8-13)26-27(19(18)25-16)11-12-5-3-2-4-6-12/h2-10H,11H2,1H3,(H,23,28). The molecule has 0 atom stereocenters. The van der Waals surface area contributed by atoms with Crippen LogP contribution in [0.2, 0.25) is 0 Å². The third-order valence-corrected chi connectivity index (χ3v) is 4.21. The van der Waals surface area contributed by atoms with E-state index in [1.165, 1.54) is 25.4 Å². The van der Waals surface area contributed by atoms with Crippen LogP contribution in [0.3, 0.4) is 0 Å². The minimum atomic E-state index is -0.712. The van der Waals surface area contributed by atoms with Gasteiger partial charge in [0.15, 0.2) is 5.65 Å². The lowest BCUT2D eigenvalue weighted by Gasteiger charge is -2.04. The van der Waals surface area contributed by atoms with Crippen molar-refractivity contribution in [1.29, 1.82) is 0 Å². The van der Waals surface area contributed by atoms with Crippen molar-refractivity contribution in [1.82, 2.24) is 25.1 Å². The third-order valence-electron chi connectivity index (χ3n) is 4.21. The molecule has 6 nitrogen and oxygen atoms in total. The SMILES string of the molecule is CNC(=O)c1cnc2c(-c3cc(F)cc(F)c3)nn(Cc3ccccc3)c2n1. The molecule has 0 aliphatic carbocycles. The van der Waals surface area contributed by atoms with Crippen molar-refractivity contribution in [2.24, 2.45) is 0 Å². The fourth-order valence-corrected chi connectivity index (χ4v) is 2.93. The van der Waals surface area contributed by atoms with Crippen LogP contribution in [-0.4, -0.2) is 32.7 Å². The maximum atomic E-state index is 13.7. The van der Waals surface area contributed by atoms with E-state index in [0.717, 1.165) is 11.6 Å². The van der Waals surface area contributed by atoms with Crippen molar-refractivity contribution in [2.45, 2.75) is 6.54 Å². The van der Waals surface area contributed by atoms with Gasteiger partial charge in [-0.2, -0.15) is 5.10 Å². The fourth-order valence-electron chi connectivity index (χ4n) is 2.93. The highest BCUT2D eigenvalue weighted by molar-refractivity contribution is 5.95. The maximum absolute atomic E-state index is 13.7. The minimum Gasteiger partial charge on any atom is -0.354 e. The molecule has 2 heterocycles. The molecule has 2 aromatic heterocycles. The molecule has 0 saturated heterocycles. The minimum absolute atomic E-state index is 0.126. The molecule has 1 amide bonds. The number of nitrogens with zero attached hydrogens (tertiary/aromatic N) is 4. The van der Waals surface area contributed by atoms with Gasteiger partial charge < -0.3 is 5.32 Å². The second-order valence-corrected chi connectivity index (χ2v) is 6.16. The molecule has 0 aliphatic rings. The van der Waals surface area contributed by atoms with E-state index in [2.05, 4.69) is 20.4 Å². The Labute approximate surface area is 158 Å². The van der Waals surface area contributed by atoms with Crippen LogP contribution in [0.15, 0.2) is 54.7 Å². The summed E-state index contributed by atoms with van der Waals surface area (Å²) in [5.74, 6) is -1.81. The van der Waals surface area contributed by atoms with Crippen LogP contribution in [0.1, 0.15) is 16.1 Å². The number of rotatable bonds is 4. The molecule has 4 aromatic rings. The molecule has 140 valence electrons. The van der Waals surface area contributed by atoms with E-state index in [1.54, 1.807) is 4.68 Å². The zero-order valence-electron chi connectivity index (χ0n) is 14.9. The normalized spacial score (nSPS) is 11.0. The third kappa shape index (κ3) is 3.32. The van der Waals surface area contributed by atoms with Gasteiger partial charge in [-0.3, -0.25) is 4.79 Å². The number of fused-ring (bicyclic) bond motifs is 1. The monoisotopic (exact) mass is 379 g/mol. The summed E-state index contributed by atoms with van der Waals surface area (Å²) in [4.78, 5) is 20.6. The van der Waals surface area contributed by atoms with Gasteiger partial charge in [0.05, 0.1) is 12.7 Å².